The minimum atomic E-state index is -0.841. The van der Waals surface area contributed by atoms with Gasteiger partial charge in [-0.25, -0.2) is 8.78 Å². The average molecular weight is 808 g/mol. The van der Waals surface area contributed by atoms with Crippen molar-refractivity contribution in [3.8, 4) is 11.3 Å². The molecule has 0 unspecified atom stereocenters. The summed E-state index contributed by atoms with van der Waals surface area (Å²) in [5.74, 6) is -1.57. The fourth-order valence-corrected chi connectivity index (χ4v) is 5.94. The summed E-state index contributed by atoms with van der Waals surface area (Å²) in [5.41, 5.74) is 3.48. The van der Waals surface area contributed by atoms with Gasteiger partial charge in [-0.2, -0.15) is 0 Å². The summed E-state index contributed by atoms with van der Waals surface area (Å²) < 4.78 is 28.2. The van der Waals surface area contributed by atoms with Crippen LogP contribution in [0.1, 0.15) is 66.6 Å². The van der Waals surface area contributed by atoms with Crippen molar-refractivity contribution in [2.45, 2.75) is 60.8 Å². The van der Waals surface area contributed by atoms with E-state index in [1.54, 1.807) is 0 Å². The molecule has 6 aromatic rings. The van der Waals surface area contributed by atoms with E-state index in [0.717, 1.165) is 55.0 Å². The third-order valence-electron chi connectivity index (χ3n) is 8.81. The molecule has 243 valence electrons. The maximum absolute atomic E-state index is 14.2. The first-order chi connectivity index (χ1) is 21.5. The van der Waals surface area contributed by atoms with Gasteiger partial charge in [0.1, 0.15) is 5.76 Å². The van der Waals surface area contributed by atoms with Crippen molar-refractivity contribution in [1.82, 2.24) is 9.97 Å². The van der Waals surface area contributed by atoms with E-state index in [-0.39, 0.29) is 37.1 Å². The number of para-hydroxylation sites is 1. The molecule has 0 saturated carbocycles. The van der Waals surface area contributed by atoms with E-state index >= 15 is 0 Å². The van der Waals surface area contributed by atoms with Crippen LogP contribution in [0.15, 0.2) is 78.7 Å². The van der Waals surface area contributed by atoms with E-state index in [4.69, 9.17) is 9.97 Å². The Balaban J connectivity index is 0.000000267. The van der Waals surface area contributed by atoms with Gasteiger partial charge in [0.2, 0.25) is 0 Å². The summed E-state index contributed by atoms with van der Waals surface area (Å²) in [7, 11) is 0. The number of aliphatic hydroxyl groups excluding tert-OH is 1. The van der Waals surface area contributed by atoms with Crippen molar-refractivity contribution in [3.63, 3.8) is 0 Å². The van der Waals surface area contributed by atoms with Crippen LogP contribution in [-0.2, 0) is 30.3 Å². The maximum atomic E-state index is 14.2. The second-order valence-corrected chi connectivity index (χ2v) is 14.7. The molecule has 0 saturated heterocycles. The summed E-state index contributed by atoms with van der Waals surface area (Å²) in [4.78, 5) is 21.3. The molecular formula is C40H37F2IrN2O2-. The van der Waals surface area contributed by atoms with Gasteiger partial charge in [0, 0.05) is 54.3 Å². The van der Waals surface area contributed by atoms with E-state index in [9.17, 15) is 18.7 Å². The van der Waals surface area contributed by atoms with Crippen molar-refractivity contribution < 1.29 is 38.8 Å². The summed E-state index contributed by atoms with van der Waals surface area (Å²) in [5, 5.41) is 15.9. The number of aliphatic hydroxyl groups is 1. The Labute approximate surface area is 287 Å². The number of allylic oxidation sites excluding steroid dienone is 2. The number of carbonyl (C=O) groups excluding carboxylic acids is 1. The number of halogens is 2. The number of nitrogens with zero attached hydrogens (tertiary/aromatic N) is 2. The zero-order valence-electron chi connectivity index (χ0n) is 27.8. The Morgan fingerprint density at radius 3 is 2.21 bits per heavy atom. The second kappa shape index (κ2) is 11.9. The Morgan fingerprint density at radius 1 is 0.851 bits per heavy atom. The normalized spacial score (nSPS) is 14.0. The molecule has 1 N–H and O–H groups in total. The van der Waals surface area contributed by atoms with Gasteiger partial charge in [-0.3, -0.25) is 9.78 Å². The molecular weight excluding hydrogens is 771 g/mol. The summed E-state index contributed by atoms with van der Waals surface area (Å²) >= 11 is 0. The smallest absolute Gasteiger partial charge is 0.164 e. The van der Waals surface area contributed by atoms with Gasteiger partial charge in [0.25, 0.3) is 0 Å². The second-order valence-electron chi connectivity index (χ2n) is 14.7. The number of pyridine rings is 2. The molecule has 7 heteroatoms. The number of fused-ring (bicyclic) bond motifs is 7. The van der Waals surface area contributed by atoms with Crippen LogP contribution in [0.4, 0.5) is 8.78 Å². The van der Waals surface area contributed by atoms with E-state index in [0.29, 0.717) is 10.8 Å². The van der Waals surface area contributed by atoms with Crippen molar-refractivity contribution in [2.75, 3.05) is 0 Å². The molecule has 0 amide bonds. The first-order valence-corrected chi connectivity index (χ1v) is 15.4. The molecule has 4 nitrogen and oxygen atoms in total. The topological polar surface area (TPSA) is 63.1 Å². The predicted molar refractivity (Wildman–Crippen MR) is 183 cm³/mol. The Hall–Kier alpha value is -4.06. The van der Waals surface area contributed by atoms with Crippen LogP contribution >= 0.6 is 0 Å². The van der Waals surface area contributed by atoms with E-state index in [2.05, 4.69) is 26.0 Å². The van der Waals surface area contributed by atoms with Crippen LogP contribution in [-0.4, -0.2) is 20.9 Å². The monoisotopic (exact) mass is 808 g/mol. The summed E-state index contributed by atoms with van der Waals surface area (Å²) in [6, 6.07) is 22.1. The number of benzene rings is 4. The van der Waals surface area contributed by atoms with Gasteiger partial charge in [-0.15, -0.1) is 12.1 Å². The van der Waals surface area contributed by atoms with Crippen LogP contribution in [0.3, 0.4) is 0 Å². The molecule has 0 atom stereocenters. The number of ketones is 1. The Kier molecular flexibility index (Phi) is 8.66. The SMILES string of the molecule is CC(C)(C)C(=O)/C=C(\O)C(C)(C)C.CC1(C)c2nc3ccccc3[c-]c2-c2nccc3c2c1cc1c2cc(F)c(F)cc2ccc31.[Ir]. The van der Waals surface area contributed by atoms with Crippen molar-refractivity contribution >= 4 is 49.0 Å². The number of hydrogen-bond donors (Lipinski definition) is 1. The minimum Gasteiger partial charge on any atom is -0.512 e. The zero-order chi connectivity index (χ0) is 33.3. The molecule has 2 heterocycles. The molecule has 47 heavy (non-hydrogen) atoms. The molecule has 0 bridgehead atoms. The third kappa shape index (κ3) is 5.96. The van der Waals surface area contributed by atoms with Gasteiger partial charge in [0.05, 0.1) is 0 Å². The van der Waals surface area contributed by atoms with Gasteiger partial charge in [-0.1, -0.05) is 103 Å². The summed E-state index contributed by atoms with van der Waals surface area (Å²) in [6.45, 7) is 15.4. The Morgan fingerprint density at radius 2 is 1.53 bits per heavy atom. The first-order valence-electron chi connectivity index (χ1n) is 15.4. The quantitative estimate of drug-likeness (QED) is 0.0778. The first kappa shape index (κ1) is 34.3. The zero-order valence-corrected chi connectivity index (χ0v) is 30.2. The largest absolute Gasteiger partial charge is 0.512 e. The fraction of sp³-hybridized carbons (Fsp3) is 0.275. The predicted octanol–water partition coefficient (Wildman–Crippen LogP) is 10.6. The minimum absolute atomic E-state index is 0. The number of aromatic nitrogens is 2. The molecule has 7 rings (SSSR count). The standard InChI is InChI=1S/C29H17F2N2.C11H20O2.Ir/c1-29(2)22-13-20-17(8-7-15-12-23(30)24(31)14-19(15)20)18-9-10-32-27(26(18)22)21-11-16-5-3-4-6-25(16)33-28(21)29;1-10(2,3)8(12)7-9(13)11(4,5)6;/h3-10,12-14H,1-2H3;7,12H,1-6H3;/q-1;;/b;8-7-;. The molecule has 2 aromatic heterocycles. The summed E-state index contributed by atoms with van der Waals surface area (Å²) in [6.07, 6.45) is 3.14. The molecule has 0 aliphatic heterocycles. The number of hydrogen-bond acceptors (Lipinski definition) is 4. The molecule has 0 spiro atoms. The van der Waals surface area contributed by atoms with Gasteiger partial charge in [0.15, 0.2) is 17.4 Å². The Bertz CT molecular complexity index is 2260. The molecule has 0 fully saturated rings. The molecule has 4 aromatic carbocycles. The fourth-order valence-electron chi connectivity index (χ4n) is 5.94. The van der Waals surface area contributed by atoms with Gasteiger partial charge < -0.3 is 10.1 Å². The number of carbonyl (C=O) groups is 1. The number of rotatable bonds is 1. The van der Waals surface area contributed by atoms with Gasteiger partial charge >= 0.3 is 0 Å². The van der Waals surface area contributed by atoms with Crippen LogP contribution in [0.2, 0.25) is 0 Å². The van der Waals surface area contributed by atoms with Crippen molar-refractivity contribution in [2.24, 2.45) is 10.8 Å². The van der Waals surface area contributed by atoms with Crippen molar-refractivity contribution in [3.05, 3.63) is 108 Å². The average Bonchev–Trinajstić information content (AvgIpc) is 2.99. The van der Waals surface area contributed by atoms with Crippen LogP contribution in [0, 0.1) is 28.5 Å². The van der Waals surface area contributed by atoms with E-state index in [1.807, 2.05) is 90.2 Å². The third-order valence-corrected chi connectivity index (χ3v) is 8.81. The van der Waals surface area contributed by atoms with Crippen LogP contribution < -0.4 is 0 Å². The van der Waals surface area contributed by atoms with Crippen molar-refractivity contribution in [1.29, 1.82) is 0 Å². The molecule has 1 aliphatic carbocycles. The maximum Gasteiger partial charge on any atom is 0.164 e. The molecule has 1 radical (unpaired) electrons. The van der Waals surface area contributed by atoms with Crippen LogP contribution in [0.5, 0.6) is 0 Å². The van der Waals surface area contributed by atoms with Crippen LogP contribution in [0.25, 0.3) is 54.5 Å². The van der Waals surface area contributed by atoms with E-state index < -0.39 is 22.5 Å². The van der Waals surface area contributed by atoms with E-state index in [1.165, 1.54) is 18.2 Å². The van der Waals surface area contributed by atoms with Gasteiger partial charge in [-0.05, 0) is 67.3 Å². The molecule has 1 aliphatic rings.